The molecular weight excluding hydrogens is 262 g/mol. The monoisotopic (exact) mass is 275 g/mol. The maximum absolute atomic E-state index is 5.58. The van der Waals surface area contributed by atoms with Gasteiger partial charge in [-0.05, 0) is 15.9 Å². The molecule has 15 heavy (non-hydrogen) atoms. The highest BCUT2D eigenvalue weighted by atomic mass is 79.9. The van der Waals surface area contributed by atoms with E-state index in [0.717, 1.165) is 4.60 Å². The zero-order chi connectivity index (χ0) is 10.9. The fraction of sp³-hybridized carbons (Fsp3) is 0.778. The topological polar surface area (TPSA) is 49.2 Å². The first kappa shape index (κ1) is 11.0. The number of hydrogen-bond acceptors (Lipinski definition) is 4. The zero-order valence-corrected chi connectivity index (χ0v) is 10.4. The molecule has 0 aromatic carbocycles. The summed E-state index contributed by atoms with van der Waals surface area (Å²) in [6.07, 6.45) is 1.58. The Labute approximate surface area is 96.9 Å². The van der Waals surface area contributed by atoms with Gasteiger partial charge in [-0.15, -0.1) is 5.10 Å². The fourth-order valence-electron chi connectivity index (χ4n) is 1.35. The summed E-state index contributed by atoms with van der Waals surface area (Å²) >= 11 is 3.24. The second-order valence-corrected chi connectivity index (χ2v) is 5.29. The van der Waals surface area contributed by atoms with Crippen LogP contribution in [-0.4, -0.2) is 34.5 Å². The number of rotatable bonds is 2. The maximum atomic E-state index is 5.58. The normalized spacial score (nSPS) is 21.8. The molecule has 0 spiro atoms. The second-order valence-electron chi connectivity index (χ2n) is 4.48. The fourth-order valence-corrected chi connectivity index (χ4v) is 1.66. The SMILES string of the molecule is CC1(C)COC(Cn2cc(Br)nn2)OC1. The van der Waals surface area contributed by atoms with Gasteiger partial charge in [0, 0.05) is 5.41 Å². The van der Waals surface area contributed by atoms with Crippen LogP contribution in [0.1, 0.15) is 13.8 Å². The van der Waals surface area contributed by atoms with E-state index in [9.17, 15) is 0 Å². The van der Waals surface area contributed by atoms with E-state index in [1.807, 2.05) is 0 Å². The van der Waals surface area contributed by atoms with Crippen molar-refractivity contribution in [2.75, 3.05) is 13.2 Å². The van der Waals surface area contributed by atoms with Gasteiger partial charge in [0.2, 0.25) is 0 Å². The molecular formula is C9H14BrN3O2. The van der Waals surface area contributed by atoms with Crippen LogP contribution in [0.3, 0.4) is 0 Å². The minimum atomic E-state index is -0.216. The van der Waals surface area contributed by atoms with Gasteiger partial charge in [-0.25, -0.2) is 4.68 Å². The predicted molar refractivity (Wildman–Crippen MR) is 57.2 cm³/mol. The minimum Gasteiger partial charge on any atom is -0.350 e. The molecule has 1 aliphatic heterocycles. The van der Waals surface area contributed by atoms with Crippen molar-refractivity contribution in [1.29, 1.82) is 0 Å². The van der Waals surface area contributed by atoms with Crippen molar-refractivity contribution in [2.24, 2.45) is 5.41 Å². The Bertz CT molecular complexity index is 330. The van der Waals surface area contributed by atoms with Gasteiger partial charge in [-0.3, -0.25) is 0 Å². The third-order valence-electron chi connectivity index (χ3n) is 2.17. The highest BCUT2D eigenvalue weighted by molar-refractivity contribution is 9.10. The molecule has 0 amide bonds. The standard InChI is InChI=1S/C9H14BrN3O2/c1-9(2)5-14-8(15-6-9)4-13-3-7(10)11-12-13/h3,8H,4-6H2,1-2H3. The van der Waals surface area contributed by atoms with Crippen molar-refractivity contribution in [1.82, 2.24) is 15.0 Å². The van der Waals surface area contributed by atoms with Gasteiger partial charge in [0.1, 0.15) is 4.60 Å². The highest BCUT2D eigenvalue weighted by Gasteiger charge is 2.28. The van der Waals surface area contributed by atoms with Crippen molar-refractivity contribution in [3.05, 3.63) is 10.8 Å². The molecule has 0 atom stereocenters. The van der Waals surface area contributed by atoms with Crippen LogP contribution in [0.15, 0.2) is 10.8 Å². The molecule has 5 nitrogen and oxygen atoms in total. The Morgan fingerprint density at radius 1 is 1.53 bits per heavy atom. The molecule has 2 heterocycles. The summed E-state index contributed by atoms with van der Waals surface area (Å²) in [7, 11) is 0. The third-order valence-corrected chi connectivity index (χ3v) is 2.53. The summed E-state index contributed by atoms with van der Waals surface area (Å²) in [5, 5.41) is 7.74. The van der Waals surface area contributed by atoms with Gasteiger partial charge in [-0.2, -0.15) is 0 Å². The van der Waals surface area contributed by atoms with Gasteiger partial charge in [0.15, 0.2) is 6.29 Å². The van der Waals surface area contributed by atoms with E-state index in [1.54, 1.807) is 10.9 Å². The molecule has 2 rings (SSSR count). The lowest BCUT2D eigenvalue weighted by Gasteiger charge is -2.34. The number of aromatic nitrogens is 3. The first-order chi connectivity index (χ1) is 7.05. The third kappa shape index (κ3) is 2.99. The van der Waals surface area contributed by atoms with Gasteiger partial charge in [-0.1, -0.05) is 19.1 Å². The Hall–Kier alpha value is -0.460. The molecule has 0 N–H and O–H groups in total. The molecule has 0 bridgehead atoms. The van der Waals surface area contributed by atoms with Gasteiger partial charge in [0.25, 0.3) is 0 Å². The van der Waals surface area contributed by atoms with E-state index in [0.29, 0.717) is 19.8 Å². The summed E-state index contributed by atoms with van der Waals surface area (Å²) in [5.41, 5.74) is 0.111. The molecule has 84 valence electrons. The van der Waals surface area contributed by atoms with Crippen LogP contribution in [0.25, 0.3) is 0 Å². The Balaban J connectivity index is 1.87. The first-order valence-corrected chi connectivity index (χ1v) is 5.63. The molecule has 0 unspecified atom stereocenters. The number of ether oxygens (including phenoxy) is 2. The number of hydrogen-bond donors (Lipinski definition) is 0. The molecule has 1 fully saturated rings. The van der Waals surface area contributed by atoms with Gasteiger partial charge >= 0.3 is 0 Å². The van der Waals surface area contributed by atoms with Crippen molar-refractivity contribution in [3.63, 3.8) is 0 Å². The van der Waals surface area contributed by atoms with Crippen molar-refractivity contribution >= 4 is 15.9 Å². The quantitative estimate of drug-likeness (QED) is 0.820. The molecule has 0 aliphatic carbocycles. The summed E-state index contributed by atoms with van der Waals surface area (Å²) in [6, 6.07) is 0. The molecule has 1 saturated heterocycles. The van der Waals surface area contributed by atoms with E-state index in [1.165, 1.54) is 0 Å². The van der Waals surface area contributed by atoms with Crippen LogP contribution in [0.4, 0.5) is 0 Å². The van der Waals surface area contributed by atoms with Crippen LogP contribution >= 0.6 is 15.9 Å². The number of nitrogens with zero attached hydrogens (tertiary/aromatic N) is 3. The van der Waals surface area contributed by atoms with Crippen LogP contribution in [0.2, 0.25) is 0 Å². The average Bonchev–Trinajstić information content (AvgIpc) is 2.55. The van der Waals surface area contributed by atoms with Crippen molar-refractivity contribution in [2.45, 2.75) is 26.7 Å². The van der Waals surface area contributed by atoms with Gasteiger partial charge in [0.05, 0.1) is 26.0 Å². The van der Waals surface area contributed by atoms with Crippen molar-refractivity contribution in [3.8, 4) is 0 Å². The Kier molecular flexibility index (Phi) is 3.08. The summed E-state index contributed by atoms with van der Waals surface area (Å²) in [6.45, 7) is 6.25. The smallest absolute Gasteiger partial charge is 0.177 e. The van der Waals surface area contributed by atoms with E-state index >= 15 is 0 Å². The molecule has 1 aromatic rings. The summed E-state index contributed by atoms with van der Waals surface area (Å²) in [5.74, 6) is 0. The molecule has 1 aromatic heterocycles. The van der Waals surface area contributed by atoms with Crippen LogP contribution < -0.4 is 0 Å². The zero-order valence-electron chi connectivity index (χ0n) is 8.81. The average molecular weight is 276 g/mol. The van der Waals surface area contributed by atoms with E-state index in [2.05, 4.69) is 40.1 Å². The largest absolute Gasteiger partial charge is 0.350 e. The lowest BCUT2D eigenvalue weighted by atomic mass is 9.96. The Morgan fingerprint density at radius 2 is 2.20 bits per heavy atom. The molecule has 0 saturated carbocycles. The van der Waals surface area contributed by atoms with E-state index < -0.39 is 0 Å². The number of halogens is 1. The maximum Gasteiger partial charge on any atom is 0.177 e. The first-order valence-electron chi connectivity index (χ1n) is 4.84. The minimum absolute atomic E-state index is 0.111. The second kappa shape index (κ2) is 4.19. The van der Waals surface area contributed by atoms with Gasteiger partial charge < -0.3 is 9.47 Å². The lowest BCUT2D eigenvalue weighted by molar-refractivity contribution is -0.227. The predicted octanol–water partition coefficient (Wildman–Crippen LogP) is 1.44. The molecule has 1 aliphatic rings. The van der Waals surface area contributed by atoms with E-state index in [4.69, 9.17) is 9.47 Å². The summed E-state index contributed by atoms with van der Waals surface area (Å²) < 4.78 is 13.6. The van der Waals surface area contributed by atoms with Crippen molar-refractivity contribution < 1.29 is 9.47 Å². The Morgan fingerprint density at radius 3 is 2.73 bits per heavy atom. The molecule has 6 heteroatoms. The lowest BCUT2D eigenvalue weighted by Crippen LogP contribution is -2.39. The van der Waals surface area contributed by atoms with Crippen LogP contribution in [0.5, 0.6) is 0 Å². The van der Waals surface area contributed by atoms with Crippen LogP contribution in [-0.2, 0) is 16.0 Å². The van der Waals surface area contributed by atoms with Crippen LogP contribution in [0, 0.1) is 5.41 Å². The molecule has 0 radical (unpaired) electrons. The van der Waals surface area contributed by atoms with E-state index in [-0.39, 0.29) is 11.7 Å². The highest BCUT2D eigenvalue weighted by Crippen LogP contribution is 2.23. The summed E-state index contributed by atoms with van der Waals surface area (Å²) in [4.78, 5) is 0.